The van der Waals surface area contributed by atoms with Gasteiger partial charge in [0, 0.05) is 6.42 Å². The molecule has 0 aromatic carbocycles. The third-order valence-corrected chi connectivity index (χ3v) is 0.847. The Morgan fingerprint density at radius 1 is 1.75 bits per heavy atom. The van der Waals surface area contributed by atoms with E-state index >= 15 is 0 Å². The molecule has 0 aromatic heterocycles. The summed E-state index contributed by atoms with van der Waals surface area (Å²) in [7, 11) is 0. The van der Waals surface area contributed by atoms with E-state index in [4.69, 9.17) is 6.92 Å². The number of hydrogen-bond acceptors (Lipinski definition) is 1. The van der Waals surface area contributed by atoms with E-state index in [0.717, 1.165) is 0 Å². The number of rotatable bonds is 3. The smallest absolute Gasteiger partial charge is 0.157 e. The van der Waals surface area contributed by atoms with Crippen molar-refractivity contribution in [2.24, 2.45) is 0 Å². The Labute approximate surface area is 50.4 Å². The van der Waals surface area contributed by atoms with Crippen molar-refractivity contribution in [2.45, 2.75) is 19.8 Å². The van der Waals surface area contributed by atoms with Gasteiger partial charge in [-0.05, 0) is 25.8 Å². The Hall–Kier alpha value is -0.590. The highest BCUT2D eigenvalue weighted by molar-refractivity contribution is 5.94. The van der Waals surface area contributed by atoms with E-state index in [9.17, 15) is 4.79 Å². The van der Waals surface area contributed by atoms with Crippen LogP contribution in [0.15, 0.2) is 12.2 Å². The van der Waals surface area contributed by atoms with Crippen molar-refractivity contribution in [1.82, 2.24) is 0 Å². The lowest BCUT2D eigenvalue weighted by atomic mass is 10.1. The number of Topliss-reactive ketones (excluding diaryl/α,β-unsaturated/α-hetero) is 1. The SMILES string of the molecule is [CH]CCC(=O)C(=C)C. The molecule has 0 saturated carbocycles. The summed E-state index contributed by atoms with van der Waals surface area (Å²) in [6.45, 7) is 10.3. The number of hydrogen-bond donors (Lipinski definition) is 0. The molecule has 0 aromatic rings. The summed E-state index contributed by atoms with van der Waals surface area (Å²) < 4.78 is 0. The maximum atomic E-state index is 10.6. The largest absolute Gasteiger partial charge is 0.295 e. The van der Waals surface area contributed by atoms with Gasteiger partial charge in [-0.15, -0.1) is 0 Å². The first-order valence-corrected chi connectivity index (χ1v) is 2.57. The molecular formula is C7H10O. The fourth-order valence-electron chi connectivity index (χ4n) is 0.344. The molecule has 0 unspecified atom stereocenters. The lowest BCUT2D eigenvalue weighted by Gasteiger charge is -1.91. The van der Waals surface area contributed by atoms with Crippen LogP contribution in [0, 0.1) is 6.92 Å². The van der Waals surface area contributed by atoms with Crippen molar-refractivity contribution in [3.63, 3.8) is 0 Å². The lowest BCUT2D eigenvalue weighted by Crippen LogP contribution is -1.95. The maximum absolute atomic E-state index is 10.6. The summed E-state index contributed by atoms with van der Waals surface area (Å²) >= 11 is 0. The van der Waals surface area contributed by atoms with Gasteiger partial charge < -0.3 is 0 Å². The minimum absolute atomic E-state index is 0.0625. The third-order valence-electron chi connectivity index (χ3n) is 0.847. The molecule has 8 heavy (non-hydrogen) atoms. The first-order chi connectivity index (χ1) is 3.68. The van der Waals surface area contributed by atoms with Gasteiger partial charge in [0.15, 0.2) is 5.78 Å². The Morgan fingerprint density at radius 3 is 2.38 bits per heavy atom. The first-order valence-electron chi connectivity index (χ1n) is 2.57. The second kappa shape index (κ2) is 3.42. The van der Waals surface area contributed by atoms with Gasteiger partial charge in [-0.25, -0.2) is 0 Å². The molecule has 0 aliphatic heterocycles. The van der Waals surface area contributed by atoms with Crippen LogP contribution in [0.5, 0.6) is 0 Å². The van der Waals surface area contributed by atoms with Crippen LogP contribution in [0.3, 0.4) is 0 Å². The van der Waals surface area contributed by atoms with E-state index in [1.165, 1.54) is 0 Å². The van der Waals surface area contributed by atoms with E-state index in [1.54, 1.807) is 6.92 Å². The van der Waals surface area contributed by atoms with Gasteiger partial charge in [-0.1, -0.05) is 6.58 Å². The molecule has 0 atom stereocenters. The number of allylic oxidation sites excluding steroid dienone is 1. The summed E-state index contributed by atoms with van der Waals surface area (Å²) in [5.41, 5.74) is 0.593. The molecule has 0 aliphatic rings. The predicted molar refractivity (Wildman–Crippen MR) is 33.4 cm³/mol. The summed E-state index contributed by atoms with van der Waals surface area (Å²) in [6.07, 6.45) is 0.848. The van der Waals surface area contributed by atoms with Gasteiger partial charge in [0.25, 0.3) is 0 Å². The second-order valence-electron chi connectivity index (χ2n) is 1.74. The standard InChI is InChI=1S/C7H10O/c1-4-5-7(8)6(2)3/h1H,2,4-5H2,3H3. The van der Waals surface area contributed by atoms with E-state index in [1.807, 2.05) is 0 Å². The molecule has 1 heteroatoms. The molecule has 0 heterocycles. The van der Waals surface area contributed by atoms with Crippen molar-refractivity contribution in [3.8, 4) is 0 Å². The van der Waals surface area contributed by atoms with E-state index in [0.29, 0.717) is 18.4 Å². The van der Waals surface area contributed by atoms with Gasteiger partial charge in [0.1, 0.15) is 0 Å². The maximum Gasteiger partial charge on any atom is 0.157 e. The molecule has 44 valence electrons. The summed E-state index contributed by atoms with van der Waals surface area (Å²) in [5.74, 6) is 0.0625. The molecule has 0 spiro atoms. The quantitative estimate of drug-likeness (QED) is 0.504. The first kappa shape index (κ1) is 7.41. The normalized spacial score (nSPS) is 8.75. The van der Waals surface area contributed by atoms with Gasteiger partial charge in [0.2, 0.25) is 0 Å². The van der Waals surface area contributed by atoms with Crippen molar-refractivity contribution < 1.29 is 4.79 Å². The van der Waals surface area contributed by atoms with Crippen LogP contribution in [-0.4, -0.2) is 5.78 Å². The summed E-state index contributed by atoms with van der Waals surface area (Å²) in [6, 6.07) is 0. The fourth-order valence-corrected chi connectivity index (χ4v) is 0.344. The molecule has 0 bridgehead atoms. The molecule has 0 saturated heterocycles. The van der Waals surface area contributed by atoms with Crippen molar-refractivity contribution in [1.29, 1.82) is 0 Å². The van der Waals surface area contributed by atoms with Gasteiger partial charge >= 0.3 is 0 Å². The van der Waals surface area contributed by atoms with Crippen LogP contribution >= 0.6 is 0 Å². The van der Waals surface area contributed by atoms with Crippen LogP contribution in [0.25, 0.3) is 0 Å². The average Bonchev–Trinajstić information content (AvgIpc) is 1.67. The van der Waals surface area contributed by atoms with Crippen molar-refractivity contribution >= 4 is 5.78 Å². The molecular weight excluding hydrogens is 100 g/mol. The van der Waals surface area contributed by atoms with Crippen molar-refractivity contribution in [2.75, 3.05) is 0 Å². The van der Waals surface area contributed by atoms with Crippen LogP contribution < -0.4 is 0 Å². The van der Waals surface area contributed by atoms with E-state index < -0.39 is 0 Å². The van der Waals surface area contributed by atoms with Gasteiger partial charge in [-0.3, -0.25) is 4.79 Å². The molecule has 1 nitrogen and oxygen atoms in total. The minimum atomic E-state index is 0.0625. The monoisotopic (exact) mass is 110 g/mol. The zero-order valence-corrected chi connectivity index (χ0v) is 5.11. The Balaban J connectivity index is 3.49. The topological polar surface area (TPSA) is 17.1 Å². The Kier molecular flexibility index (Phi) is 3.16. The summed E-state index contributed by atoms with van der Waals surface area (Å²) in [5, 5.41) is 0. The highest BCUT2D eigenvalue weighted by Gasteiger charge is 1.97. The average molecular weight is 110 g/mol. The molecule has 0 amide bonds. The highest BCUT2D eigenvalue weighted by Crippen LogP contribution is 1.96. The molecule has 0 N–H and O–H groups in total. The van der Waals surface area contributed by atoms with Crippen molar-refractivity contribution in [3.05, 3.63) is 19.1 Å². The second-order valence-corrected chi connectivity index (χ2v) is 1.74. The number of ketones is 1. The minimum Gasteiger partial charge on any atom is -0.295 e. The van der Waals surface area contributed by atoms with Crippen LogP contribution in [0.4, 0.5) is 0 Å². The highest BCUT2D eigenvalue weighted by atomic mass is 16.1. The van der Waals surface area contributed by atoms with Crippen LogP contribution in [0.1, 0.15) is 19.8 Å². The summed E-state index contributed by atoms with van der Waals surface area (Å²) in [4.78, 5) is 10.6. The molecule has 2 radical (unpaired) electrons. The number of carbonyl (C=O) groups is 1. The van der Waals surface area contributed by atoms with Crippen LogP contribution in [0.2, 0.25) is 0 Å². The third kappa shape index (κ3) is 2.56. The van der Waals surface area contributed by atoms with Gasteiger partial charge in [-0.2, -0.15) is 0 Å². The number of carbonyl (C=O) groups excluding carboxylic acids is 1. The Morgan fingerprint density at radius 2 is 2.25 bits per heavy atom. The lowest BCUT2D eigenvalue weighted by molar-refractivity contribution is -0.115. The van der Waals surface area contributed by atoms with E-state index in [2.05, 4.69) is 6.58 Å². The fraction of sp³-hybridized carbons (Fsp3) is 0.429. The van der Waals surface area contributed by atoms with Gasteiger partial charge in [0.05, 0.1) is 0 Å². The molecule has 0 rings (SSSR count). The van der Waals surface area contributed by atoms with Crippen LogP contribution in [-0.2, 0) is 4.79 Å². The zero-order chi connectivity index (χ0) is 6.57. The Bertz CT molecular complexity index is 103. The molecule has 0 fully saturated rings. The predicted octanol–water partition coefficient (Wildman–Crippen LogP) is 1.62. The zero-order valence-electron chi connectivity index (χ0n) is 5.11. The molecule has 0 aliphatic carbocycles. The van der Waals surface area contributed by atoms with E-state index in [-0.39, 0.29) is 5.78 Å².